The van der Waals surface area contributed by atoms with Gasteiger partial charge in [-0.05, 0) is 42.5 Å². The molecule has 1 aliphatic carbocycles. The van der Waals surface area contributed by atoms with Gasteiger partial charge in [-0.1, -0.05) is 37.3 Å². The molecule has 1 N–H and O–H groups in total. The fraction of sp³-hybridized carbons (Fsp3) is 0.381. The summed E-state index contributed by atoms with van der Waals surface area (Å²) < 4.78 is 0. The molecule has 0 spiro atoms. The highest BCUT2D eigenvalue weighted by atomic mass is 16.2. The number of rotatable bonds is 4. The SMILES string of the molecule is CC1CC(C(=O)NC(C)c2ccc(-c3cccnc3)cc2)CCC1=O. The zero-order valence-electron chi connectivity index (χ0n) is 14.7. The third kappa shape index (κ3) is 4.13. The minimum absolute atomic E-state index is 0.00132. The van der Waals surface area contributed by atoms with Crippen molar-refractivity contribution in [3.8, 4) is 11.1 Å². The van der Waals surface area contributed by atoms with Crippen LogP contribution in [0.5, 0.6) is 0 Å². The number of carbonyl (C=O) groups excluding carboxylic acids is 2. The Hall–Kier alpha value is -2.49. The fourth-order valence-electron chi connectivity index (χ4n) is 3.39. The highest BCUT2D eigenvalue weighted by Gasteiger charge is 2.30. The zero-order valence-corrected chi connectivity index (χ0v) is 14.7. The Morgan fingerprint density at radius 2 is 1.96 bits per heavy atom. The van der Waals surface area contributed by atoms with Crippen LogP contribution in [0, 0.1) is 11.8 Å². The number of aromatic nitrogens is 1. The van der Waals surface area contributed by atoms with E-state index < -0.39 is 0 Å². The van der Waals surface area contributed by atoms with E-state index in [1.807, 2.05) is 44.3 Å². The van der Waals surface area contributed by atoms with E-state index in [9.17, 15) is 9.59 Å². The summed E-state index contributed by atoms with van der Waals surface area (Å²) in [4.78, 5) is 28.3. The minimum Gasteiger partial charge on any atom is -0.349 e. The number of ketones is 1. The topological polar surface area (TPSA) is 59.1 Å². The molecule has 1 fully saturated rings. The molecule has 1 aliphatic rings. The van der Waals surface area contributed by atoms with E-state index in [1.54, 1.807) is 6.20 Å². The summed E-state index contributed by atoms with van der Waals surface area (Å²) in [7, 11) is 0. The summed E-state index contributed by atoms with van der Waals surface area (Å²) in [5.74, 6) is 0.287. The molecule has 3 rings (SSSR count). The Bertz CT molecular complexity index is 740. The van der Waals surface area contributed by atoms with Crippen molar-refractivity contribution in [3.05, 3.63) is 54.4 Å². The maximum atomic E-state index is 12.5. The van der Waals surface area contributed by atoms with Crippen LogP contribution in [0.2, 0.25) is 0 Å². The normalized spacial score (nSPS) is 21.6. The largest absolute Gasteiger partial charge is 0.349 e. The zero-order chi connectivity index (χ0) is 17.8. The summed E-state index contributed by atoms with van der Waals surface area (Å²) >= 11 is 0. The molecule has 1 aromatic carbocycles. The highest BCUT2D eigenvalue weighted by Crippen LogP contribution is 2.27. The summed E-state index contributed by atoms with van der Waals surface area (Å²) in [6.45, 7) is 3.91. The van der Waals surface area contributed by atoms with Gasteiger partial charge in [-0.15, -0.1) is 0 Å². The van der Waals surface area contributed by atoms with Crippen LogP contribution in [-0.4, -0.2) is 16.7 Å². The van der Waals surface area contributed by atoms with E-state index in [2.05, 4.69) is 22.4 Å². The molecule has 4 heteroatoms. The average molecular weight is 336 g/mol. The number of benzene rings is 1. The second-order valence-electron chi connectivity index (χ2n) is 6.93. The first-order valence-electron chi connectivity index (χ1n) is 8.88. The molecule has 0 radical (unpaired) electrons. The van der Waals surface area contributed by atoms with Crippen LogP contribution in [0.25, 0.3) is 11.1 Å². The van der Waals surface area contributed by atoms with Gasteiger partial charge in [0, 0.05) is 30.7 Å². The summed E-state index contributed by atoms with van der Waals surface area (Å²) in [6, 6.07) is 12.1. The lowest BCUT2D eigenvalue weighted by atomic mass is 9.81. The molecule has 3 unspecified atom stereocenters. The predicted molar refractivity (Wildman–Crippen MR) is 97.7 cm³/mol. The molecule has 0 bridgehead atoms. The average Bonchev–Trinajstić information content (AvgIpc) is 2.64. The van der Waals surface area contributed by atoms with Gasteiger partial charge >= 0.3 is 0 Å². The van der Waals surface area contributed by atoms with Crippen molar-refractivity contribution in [2.75, 3.05) is 0 Å². The fourth-order valence-corrected chi connectivity index (χ4v) is 3.39. The summed E-state index contributed by atoms with van der Waals surface area (Å²) in [5.41, 5.74) is 3.25. The first-order chi connectivity index (χ1) is 12.0. The molecule has 130 valence electrons. The Kier molecular flexibility index (Phi) is 5.27. The predicted octanol–water partition coefficient (Wildman–Crippen LogP) is 3.93. The summed E-state index contributed by atoms with van der Waals surface area (Å²) in [5, 5.41) is 3.10. The lowest BCUT2D eigenvalue weighted by Crippen LogP contribution is -2.37. The molecule has 0 saturated heterocycles. The van der Waals surface area contributed by atoms with Gasteiger partial charge in [0.2, 0.25) is 5.91 Å². The van der Waals surface area contributed by atoms with Gasteiger partial charge < -0.3 is 5.32 Å². The quantitative estimate of drug-likeness (QED) is 0.920. The van der Waals surface area contributed by atoms with Gasteiger partial charge in [-0.3, -0.25) is 14.6 Å². The monoisotopic (exact) mass is 336 g/mol. The molecule has 4 nitrogen and oxygen atoms in total. The molecule has 1 heterocycles. The molecular formula is C21H24N2O2. The number of hydrogen-bond acceptors (Lipinski definition) is 3. The molecule has 2 aromatic rings. The van der Waals surface area contributed by atoms with Gasteiger partial charge in [0.15, 0.2) is 0 Å². The standard InChI is InChI=1S/C21H24N2O2/c1-14-12-18(9-10-20(14)24)21(25)23-15(2)16-5-7-17(8-6-16)19-4-3-11-22-13-19/h3-8,11,13-15,18H,9-10,12H2,1-2H3,(H,23,25). The van der Waals surface area contributed by atoms with Crippen LogP contribution in [0.4, 0.5) is 0 Å². The van der Waals surface area contributed by atoms with Crippen molar-refractivity contribution >= 4 is 11.7 Å². The van der Waals surface area contributed by atoms with E-state index in [0.717, 1.165) is 16.7 Å². The van der Waals surface area contributed by atoms with Crippen molar-refractivity contribution in [1.29, 1.82) is 0 Å². The van der Waals surface area contributed by atoms with Crippen molar-refractivity contribution in [1.82, 2.24) is 10.3 Å². The van der Waals surface area contributed by atoms with Gasteiger partial charge in [0.25, 0.3) is 0 Å². The van der Waals surface area contributed by atoms with E-state index in [-0.39, 0.29) is 29.6 Å². The van der Waals surface area contributed by atoms with E-state index in [0.29, 0.717) is 19.3 Å². The number of carbonyl (C=O) groups is 2. The maximum absolute atomic E-state index is 12.5. The Labute approximate surface area is 148 Å². The molecule has 1 saturated carbocycles. The Morgan fingerprint density at radius 3 is 2.60 bits per heavy atom. The van der Waals surface area contributed by atoms with Crippen LogP contribution >= 0.6 is 0 Å². The second kappa shape index (κ2) is 7.60. The second-order valence-corrected chi connectivity index (χ2v) is 6.93. The van der Waals surface area contributed by atoms with E-state index >= 15 is 0 Å². The highest BCUT2D eigenvalue weighted by molar-refractivity contribution is 5.86. The Morgan fingerprint density at radius 1 is 1.20 bits per heavy atom. The van der Waals surface area contributed by atoms with Gasteiger partial charge in [-0.25, -0.2) is 0 Å². The number of Topliss-reactive ketones (excluding diaryl/α,β-unsaturated/α-hetero) is 1. The van der Waals surface area contributed by atoms with Crippen LogP contribution in [0.1, 0.15) is 44.7 Å². The van der Waals surface area contributed by atoms with Crippen molar-refractivity contribution in [2.24, 2.45) is 11.8 Å². The molecular weight excluding hydrogens is 312 g/mol. The van der Waals surface area contributed by atoms with Crippen molar-refractivity contribution in [2.45, 2.75) is 39.2 Å². The van der Waals surface area contributed by atoms with Gasteiger partial charge in [-0.2, -0.15) is 0 Å². The Balaban J connectivity index is 1.62. The van der Waals surface area contributed by atoms with Crippen LogP contribution in [0.15, 0.2) is 48.8 Å². The number of nitrogens with one attached hydrogen (secondary N) is 1. The number of hydrogen-bond donors (Lipinski definition) is 1. The van der Waals surface area contributed by atoms with Crippen molar-refractivity contribution < 1.29 is 9.59 Å². The first kappa shape index (κ1) is 17.3. The van der Waals surface area contributed by atoms with Gasteiger partial charge in [0.1, 0.15) is 5.78 Å². The van der Waals surface area contributed by atoms with Gasteiger partial charge in [0.05, 0.1) is 6.04 Å². The smallest absolute Gasteiger partial charge is 0.223 e. The lowest BCUT2D eigenvalue weighted by Gasteiger charge is -2.26. The number of nitrogens with zero attached hydrogens (tertiary/aromatic N) is 1. The molecule has 1 aromatic heterocycles. The van der Waals surface area contributed by atoms with Crippen LogP contribution in [-0.2, 0) is 9.59 Å². The van der Waals surface area contributed by atoms with E-state index in [1.165, 1.54) is 0 Å². The molecule has 3 atom stereocenters. The first-order valence-corrected chi connectivity index (χ1v) is 8.88. The molecule has 25 heavy (non-hydrogen) atoms. The number of pyridine rings is 1. The van der Waals surface area contributed by atoms with E-state index in [4.69, 9.17) is 0 Å². The third-order valence-electron chi connectivity index (χ3n) is 5.06. The maximum Gasteiger partial charge on any atom is 0.223 e. The molecule has 1 amide bonds. The summed E-state index contributed by atoms with van der Waals surface area (Å²) in [6.07, 6.45) is 5.45. The van der Waals surface area contributed by atoms with Crippen molar-refractivity contribution in [3.63, 3.8) is 0 Å². The van der Waals surface area contributed by atoms with Crippen LogP contribution < -0.4 is 5.32 Å². The third-order valence-corrected chi connectivity index (χ3v) is 5.06. The lowest BCUT2D eigenvalue weighted by molar-refractivity contribution is -0.131. The number of amides is 1. The molecule has 0 aliphatic heterocycles. The minimum atomic E-state index is -0.0524. The van der Waals surface area contributed by atoms with Crippen LogP contribution in [0.3, 0.4) is 0 Å².